The van der Waals surface area contributed by atoms with Gasteiger partial charge in [-0.25, -0.2) is 9.59 Å². The topological polar surface area (TPSA) is 112 Å². The van der Waals surface area contributed by atoms with Crippen LogP contribution in [-0.4, -0.2) is 63.3 Å². The lowest BCUT2D eigenvalue weighted by molar-refractivity contribution is -0.135. The number of imidazole rings is 1. The summed E-state index contributed by atoms with van der Waals surface area (Å²) in [6.45, 7) is 6.73. The first kappa shape index (κ1) is 23.0. The van der Waals surface area contributed by atoms with Gasteiger partial charge >= 0.3 is 11.8 Å². The van der Waals surface area contributed by atoms with Crippen LogP contribution in [0.5, 0.6) is 0 Å². The number of hydrogen-bond donors (Lipinski definition) is 1. The standard InChI is InChI=1S/C23H30N4O6/c1-23(2,3)33-22(31)26-10-11-32-15(13-26)12-14-6-5-7-16-19(14)25(4)21(30)27(16)17-8-9-18(28)24-20(17)29/h5-7,15,17H,8-13H2,1-4H3,(H,24,28,29)/t15-,17?/m0/s1. The van der Waals surface area contributed by atoms with Gasteiger partial charge in [0, 0.05) is 26.4 Å². The molecule has 0 aliphatic carbocycles. The number of fused-ring (bicyclic) bond motifs is 1. The zero-order valence-electron chi connectivity index (χ0n) is 19.4. The molecule has 2 fully saturated rings. The number of nitrogens with zero attached hydrogens (tertiary/aromatic N) is 3. The predicted octanol–water partition coefficient (Wildman–Crippen LogP) is 1.50. The average Bonchev–Trinajstić information content (AvgIpc) is 2.98. The number of rotatable bonds is 3. The number of benzene rings is 1. The van der Waals surface area contributed by atoms with Crippen molar-refractivity contribution in [2.45, 2.75) is 57.8 Å². The molecule has 2 saturated heterocycles. The molecule has 2 aliphatic rings. The number of amides is 3. The van der Waals surface area contributed by atoms with Gasteiger partial charge < -0.3 is 14.4 Å². The highest BCUT2D eigenvalue weighted by Crippen LogP contribution is 2.26. The number of ether oxygens (including phenoxy) is 2. The number of piperidine rings is 1. The van der Waals surface area contributed by atoms with E-state index < -0.39 is 17.6 Å². The normalized spacial score (nSPS) is 21.9. The van der Waals surface area contributed by atoms with Crippen LogP contribution >= 0.6 is 0 Å². The third kappa shape index (κ3) is 4.66. The number of carbonyl (C=O) groups excluding carboxylic acids is 3. The van der Waals surface area contributed by atoms with E-state index in [-0.39, 0.29) is 36.6 Å². The second kappa shape index (κ2) is 8.66. The lowest BCUT2D eigenvalue weighted by Gasteiger charge is -2.34. The van der Waals surface area contributed by atoms with Crippen LogP contribution in [-0.2, 0) is 32.5 Å². The second-order valence-electron chi connectivity index (χ2n) is 9.59. The molecule has 1 aromatic heterocycles. The minimum Gasteiger partial charge on any atom is -0.444 e. The van der Waals surface area contributed by atoms with Crippen molar-refractivity contribution in [1.82, 2.24) is 19.4 Å². The van der Waals surface area contributed by atoms with E-state index >= 15 is 0 Å². The summed E-state index contributed by atoms with van der Waals surface area (Å²) in [6.07, 6.45) is 0.333. The van der Waals surface area contributed by atoms with Gasteiger partial charge in [0.25, 0.3) is 0 Å². The van der Waals surface area contributed by atoms with Gasteiger partial charge in [-0.1, -0.05) is 12.1 Å². The molecule has 178 valence electrons. The number of aryl methyl sites for hydroxylation is 1. The fourth-order valence-corrected chi connectivity index (χ4v) is 4.49. The summed E-state index contributed by atoms with van der Waals surface area (Å²) in [5, 5.41) is 2.32. The van der Waals surface area contributed by atoms with E-state index in [0.717, 1.165) is 5.56 Å². The van der Waals surface area contributed by atoms with Crippen LogP contribution in [0.2, 0.25) is 0 Å². The van der Waals surface area contributed by atoms with Crippen molar-refractivity contribution in [2.75, 3.05) is 19.7 Å². The molecule has 0 bridgehead atoms. The molecule has 0 radical (unpaired) electrons. The molecule has 2 aliphatic heterocycles. The molecule has 1 N–H and O–H groups in total. The number of nitrogens with one attached hydrogen (secondary N) is 1. The predicted molar refractivity (Wildman–Crippen MR) is 120 cm³/mol. The summed E-state index contributed by atoms with van der Waals surface area (Å²) >= 11 is 0. The van der Waals surface area contributed by atoms with Crippen LogP contribution in [0.1, 0.15) is 45.2 Å². The Balaban J connectivity index is 1.61. The third-order valence-corrected chi connectivity index (χ3v) is 5.95. The van der Waals surface area contributed by atoms with Crippen LogP contribution in [0, 0.1) is 0 Å². The maximum Gasteiger partial charge on any atom is 0.410 e. The van der Waals surface area contributed by atoms with Crippen molar-refractivity contribution in [3.05, 3.63) is 34.2 Å². The SMILES string of the molecule is Cn1c(=O)n(C2CCC(=O)NC2=O)c2cccc(C[C@H]3CN(C(=O)OC(C)(C)C)CCO3)c21. The van der Waals surface area contributed by atoms with Gasteiger partial charge in [0.1, 0.15) is 11.6 Å². The lowest BCUT2D eigenvalue weighted by Crippen LogP contribution is -2.48. The van der Waals surface area contributed by atoms with Crippen LogP contribution < -0.4 is 11.0 Å². The van der Waals surface area contributed by atoms with E-state index in [1.807, 2.05) is 32.9 Å². The number of para-hydroxylation sites is 1. The van der Waals surface area contributed by atoms with Crippen LogP contribution in [0.15, 0.2) is 23.0 Å². The van der Waals surface area contributed by atoms with Gasteiger partial charge in [-0.3, -0.25) is 24.0 Å². The highest BCUT2D eigenvalue weighted by atomic mass is 16.6. The van der Waals surface area contributed by atoms with E-state index in [9.17, 15) is 19.2 Å². The molecule has 2 aromatic rings. The Morgan fingerprint density at radius 2 is 2.00 bits per heavy atom. The largest absolute Gasteiger partial charge is 0.444 e. The first-order chi connectivity index (χ1) is 15.5. The number of morpholine rings is 1. The van der Waals surface area contributed by atoms with Crippen LogP contribution in [0.4, 0.5) is 4.79 Å². The van der Waals surface area contributed by atoms with E-state index in [4.69, 9.17) is 9.47 Å². The number of hydrogen-bond acceptors (Lipinski definition) is 6. The molecule has 0 spiro atoms. The molecular formula is C23H30N4O6. The molecule has 3 amide bonds. The summed E-state index contributed by atoms with van der Waals surface area (Å²) in [4.78, 5) is 51.2. The average molecular weight is 459 g/mol. The van der Waals surface area contributed by atoms with Crippen molar-refractivity contribution in [3.63, 3.8) is 0 Å². The van der Waals surface area contributed by atoms with Crippen molar-refractivity contribution in [3.8, 4) is 0 Å². The monoisotopic (exact) mass is 458 g/mol. The molecule has 2 atom stereocenters. The van der Waals surface area contributed by atoms with Gasteiger partial charge in [0.05, 0.1) is 30.3 Å². The minimum absolute atomic E-state index is 0.190. The molecule has 4 rings (SSSR count). The van der Waals surface area contributed by atoms with Crippen molar-refractivity contribution < 1.29 is 23.9 Å². The smallest absolute Gasteiger partial charge is 0.410 e. The molecule has 1 aromatic carbocycles. The van der Waals surface area contributed by atoms with Crippen LogP contribution in [0.3, 0.4) is 0 Å². The number of carbonyl (C=O) groups is 3. The molecule has 1 unspecified atom stereocenters. The Hall–Kier alpha value is -3.14. The molecule has 10 nitrogen and oxygen atoms in total. The van der Waals surface area contributed by atoms with Gasteiger partial charge in [0.15, 0.2) is 0 Å². The van der Waals surface area contributed by atoms with Crippen molar-refractivity contribution >= 4 is 28.9 Å². The second-order valence-corrected chi connectivity index (χ2v) is 9.59. The summed E-state index contributed by atoms with van der Waals surface area (Å²) in [7, 11) is 1.67. The molecule has 10 heteroatoms. The highest BCUT2D eigenvalue weighted by molar-refractivity contribution is 6.00. The Kier molecular flexibility index (Phi) is 6.04. The molecule has 33 heavy (non-hydrogen) atoms. The summed E-state index contributed by atoms with van der Waals surface area (Å²) < 4.78 is 14.4. The number of imide groups is 1. The first-order valence-corrected chi connectivity index (χ1v) is 11.2. The fraction of sp³-hybridized carbons (Fsp3) is 0.565. The minimum atomic E-state index is -0.734. The van der Waals surface area contributed by atoms with E-state index in [0.29, 0.717) is 37.2 Å². The zero-order chi connectivity index (χ0) is 23.9. The van der Waals surface area contributed by atoms with Crippen molar-refractivity contribution in [2.24, 2.45) is 7.05 Å². The van der Waals surface area contributed by atoms with Crippen molar-refractivity contribution in [1.29, 1.82) is 0 Å². The number of aromatic nitrogens is 2. The summed E-state index contributed by atoms with van der Waals surface area (Å²) in [6, 6.07) is 4.83. The Bertz CT molecular complexity index is 1160. The molecule has 0 saturated carbocycles. The summed E-state index contributed by atoms with van der Waals surface area (Å²) in [5.74, 6) is -0.788. The molecular weight excluding hydrogens is 428 g/mol. The maximum atomic E-state index is 13.1. The zero-order valence-corrected chi connectivity index (χ0v) is 19.4. The van der Waals surface area contributed by atoms with E-state index in [1.165, 1.54) is 9.13 Å². The quantitative estimate of drug-likeness (QED) is 0.698. The first-order valence-electron chi connectivity index (χ1n) is 11.2. The fourth-order valence-electron chi connectivity index (χ4n) is 4.49. The third-order valence-electron chi connectivity index (χ3n) is 5.95. The lowest BCUT2D eigenvalue weighted by atomic mass is 10.0. The van der Waals surface area contributed by atoms with E-state index in [1.54, 1.807) is 18.0 Å². The summed E-state index contributed by atoms with van der Waals surface area (Å²) in [5.41, 5.74) is 1.34. The van der Waals surface area contributed by atoms with Gasteiger partial charge in [-0.05, 0) is 38.8 Å². The van der Waals surface area contributed by atoms with Crippen LogP contribution in [0.25, 0.3) is 11.0 Å². The van der Waals surface area contributed by atoms with E-state index in [2.05, 4.69) is 5.32 Å². The molecule has 3 heterocycles. The highest BCUT2D eigenvalue weighted by Gasteiger charge is 2.32. The Morgan fingerprint density at radius 3 is 2.70 bits per heavy atom. The van der Waals surface area contributed by atoms with Gasteiger partial charge in [0.2, 0.25) is 11.8 Å². The maximum absolute atomic E-state index is 13.1. The van der Waals surface area contributed by atoms with Gasteiger partial charge in [-0.15, -0.1) is 0 Å². The Morgan fingerprint density at radius 1 is 1.24 bits per heavy atom. The Labute approximate surface area is 191 Å². The van der Waals surface area contributed by atoms with Gasteiger partial charge in [-0.2, -0.15) is 0 Å².